The molecule has 7 nitrogen and oxygen atoms in total. The van der Waals surface area contributed by atoms with Gasteiger partial charge in [0.15, 0.2) is 18.1 Å². The molecule has 0 spiro atoms. The molecule has 154 valence electrons. The first-order chi connectivity index (χ1) is 13.9. The van der Waals surface area contributed by atoms with Crippen LogP contribution < -0.4 is 19.7 Å². The number of fused-ring (bicyclic) bond motifs is 1. The number of halogens is 1. The van der Waals surface area contributed by atoms with E-state index < -0.39 is 11.9 Å². The van der Waals surface area contributed by atoms with E-state index in [1.165, 1.54) is 12.1 Å². The van der Waals surface area contributed by atoms with Crippen LogP contribution in [0.4, 0.5) is 5.69 Å². The van der Waals surface area contributed by atoms with Gasteiger partial charge in [-0.15, -0.1) is 0 Å². The second kappa shape index (κ2) is 9.52. The highest BCUT2D eigenvalue weighted by Gasteiger charge is 2.19. The molecule has 1 heterocycles. The van der Waals surface area contributed by atoms with Crippen molar-refractivity contribution in [3.63, 3.8) is 0 Å². The van der Waals surface area contributed by atoms with E-state index in [4.69, 9.17) is 25.8 Å². The fourth-order valence-corrected chi connectivity index (χ4v) is 2.99. The Hall–Kier alpha value is -2.93. The number of ether oxygens (including phenoxy) is 3. The van der Waals surface area contributed by atoms with Crippen molar-refractivity contribution in [1.82, 2.24) is 5.32 Å². The van der Waals surface area contributed by atoms with Gasteiger partial charge >= 0.3 is 5.97 Å². The summed E-state index contributed by atoms with van der Waals surface area (Å²) in [6, 6.07) is 10.8. The van der Waals surface area contributed by atoms with E-state index in [-0.39, 0.29) is 17.2 Å². The highest BCUT2D eigenvalue weighted by atomic mass is 35.5. The fraction of sp³-hybridized carbons (Fsp3) is 0.333. The Morgan fingerprint density at radius 3 is 2.59 bits per heavy atom. The smallest absolute Gasteiger partial charge is 0.338 e. The summed E-state index contributed by atoms with van der Waals surface area (Å²) in [5.74, 6) is -0.241. The van der Waals surface area contributed by atoms with Crippen LogP contribution in [0.3, 0.4) is 0 Å². The SMILES string of the molecule is CN(C)c1ccc(CNC(=O)COC(=O)c2cc(Cl)c3c(c2)OCCCO3)cc1. The lowest BCUT2D eigenvalue weighted by molar-refractivity contribution is -0.124. The molecule has 0 radical (unpaired) electrons. The minimum Gasteiger partial charge on any atom is -0.489 e. The highest BCUT2D eigenvalue weighted by molar-refractivity contribution is 6.32. The molecule has 0 aromatic heterocycles. The molecule has 1 aliphatic heterocycles. The van der Waals surface area contributed by atoms with E-state index in [1.807, 2.05) is 43.3 Å². The number of benzene rings is 2. The lowest BCUT2D eigenvalue weighted by Gasteiger charge is -2.13. The average Bonchev–Trinajstić information content (AvgIpc) is 2.96. The van der Waals surface area contributed by atoms with E-state index in [2.05, 4.69) is 5.32 Å². The molecule has 29 heavy (non-hydrogen) atoms. The molecule has 1 N–H and O–H groups in total. The third-order valence-electron chi connectivity index (χ3n) is 4.31. The van der Waals surface area contributed by atoms with Crippen LogP contribution in [0.1, 0.15) is 22.3 Å². The molecule has 0 aliphatic carbocycles. The van der Waals surface area contributed by atoms with Crippen molar-refractivity contribution in [2.45, 2.75) is 13.0 Å². The molecule has 2 aromatic carbocycles. The summed E-state index contributed by atoms with van der Waals surface area (Å²) < 4.78 is 16.2. The van der Waals surface area contributed by atoms with Gasteiger partial charge in [-0.2, -0.15) is 0 Å². The zero-order chi connectivity index (χ0) is 20.8. The number of esters is 1. The van der Waals surface area contributed by atoms with Gasteiger partial charge in [0, 0.05) is 32.7 Å². The summed E-state index contributed by atoms with van der Waals surface area (Å²) in [6.07, 6.45) is 0.725. The Labute approximate surface area is 174 Å². The molecule has 0 saturated heterocycles. The Balaban J connectivity index is 1.51. The summed E-state index contributed by atoms with van der Waals surface area (Å²) in [7, 11) is 3.92. The first-order valence-electron chi connectivity index (χ1n) is 9.23. The van der Waals surface area contributed by atoms with E-state index in [1.54, 1.807) is 0 Å². The van der Waals surface area contributed by atoms with Crippen molar-refractivity contribution in [3.05, 3.63) is 52.5 Å². The van der Waals surface area contributed by atoms with E-state index in [0.29, 0.717) is 31.3 Å². The van der Waals surface area contributed by atoms with Crippen molar-refractivity contribution in [3.8, 4) is 11.5 Å². The summed E-state index contributed by atoms with van der Waals surface area (Å²) in [5.41, 5.74) is 2.22. The van der Waals surface area contributed by atoms with Crippen LogP contribution in [0.2, 0.25) is 5.02 Å². The molecule has 1 amide bonds. The van der Waals surface area contributed by atoms with Gasteiger partial charge in [0.25, 0.3) is 5.91 Å². The molecule has 0 atom stereocenters. The Morgan fingerprint density at radius 2 is 1.86 bits per heavy atom. The Kier molecular flexibility index (Phi) is 6.82. The molecule has 0 saturated carbocycles. The zero-order valence-electron chi connectivity index (χ0n) is 16.4. The normalized spacial score (nSPS) is 12.7. The van der Waals surface area contributed by atoms with Gasteiger partial charge in [0.05, 0.1) is 23.8 Å². The van der Waals surface area contributed by atoms with Crippen molar-refractivity contribution >= 4 is 29.2 Å². The van der Waals surface area contributed by atoms with Crippen LogP contribution in [0.5, 0.6) is 11.5 Å². The van der Waals surface area contributed by atoms with Crippen LogP contribution in [-0.4, -0.2) is 45.8 Å². The summed E-state index contributed by atoms with van der Waals surface area (Å²) in [5, 5.41) is 2.99. The van der Waals surface area contributed by atoms with Crippen LogP contribution in [0, 0.1) is 0 Å². The monoisotopic (exact) mass is 418 g/mol. The van der Waals surface area contributed by atoms with Crippen molar-refractivity contribution < 1.29 is 23.8 Å². The molecule has 2 aromatic rings. The lowest BCUT2D eigenvalue weighted by atomic mass is 10.2. The van der Waals surface area contributed by atoms with E-state index in [9.17, 15) is 9.59 Å². The number of amides is 1. The van der Waals surface area contributed by atoms with Gasteiger partial charge in [-0.05, 0) is 29.8 Å². The minimum absolute atomic E-state index is 0.200. The number of nitrogens with one attached hydrogen (secondary N) is 1. The summed E-state index contributed by atoms with van der Waals surface area (Å²) >= 11 is 6.18. The Morgan fingerprint density at radius 1 is 1.14 bits per heavy atom. The molecule has 0 fully saturated rings. The molecule has 1 aliphatic rings. The number of carbonyl (C=O) groups is 2. The second-order valence-electron chi connectivity index (χ2n) is 6.75. The van der Waals surface area contributed by atoms with Gasteiger partial charge in [0.2, 0.25) is 0 Å². The van der Waals surface area contributed by atoms with Crippen LogP contribution in [0.25, 0.3) is 0 Å². The van der Waals surface area contributed by atoms with Crippen molar-refractivity contribution in [1.29, 1.82) is 0 Å². The van der Waals surface area contributed by atoms with Crippen molar-refractivity contribution in [2.24, 2.45) is 0 Å². The van der Waals surface area contributed by atoms with E-state index in [0.717, 1.165) is 17.7 Å². The summed E-state index contributed by atoms with van der Waals surface area (Å²) in [6.45, 7) is 0.926. The maximum Gasteiger partial charge on any atom is 0.338 e. The zero-order valence-corrected chi connectivity index (χ0v) is 17.1. The third-order valence-corrected chi connectivity index (χ3v) is 4.60. The number of nitrogens with zero attached hydrogens (tertiary/aromatic N) is 1. The molecule has 8 heteroatoms. The standard InChI is InChI=1S/C21H23ClN2O5/c1-24(2)16-6-4-14(5-7-16)12-23-19(25)13-29-21(26)15-10-17(22)20-18(11-15)27-8-3-9-28-20/h4-7,10-11H,3,8-9,12-13H2,1-2H3,(H,23,25). The molecular weight excluding hydrogens is 396 g/mol. The van der Waals surface area contributed by atoms with Crippen LogP contribution >= 0.6 is 11.6 Å². The maximum atomic E-state index is 12.3. The van der Waals surface area contributed by atoms with Gasteiger partial charge in [-0.3, -0.25) is 4.79 Å². The summed E-state index contributed by atoms with van der Waals surface area (Å²) in [4.78, 5) is 26.3. The largest absolute Gasteiger partial charge is 0.489 e. The number of hydrogen-bond donors (Lipinski definition) is 1. The first-order valence-corrected chi connectivity index (χ1v) is 9.61. The highest BCUT2D eigenvalue weighted by Crippen LogP contribution is 2.38. The molecule has 0 bridgehead atoms. The predicted molar refractivity (Wildman–Crippen MR) is 110 cm³/mol. The number of carbonyl (C=O) groups excluding carboxylic acids is 2. The number of hydrogen-bond acceptors (Lipinski definition) is 6. The van der Waals surface area contributed by atoms with Gasteiger partial charge < -0.3 is 24.4 Å². The maximum absolute atomic E-state index is 12.3. The molecule has 0 unspecified atom stereocenters. The van der Waals surface area contributed by atoms with Crippen LogP contribution in [0.15, 0.2) is 36.4 Å². The lowest BCUT2D eigenvalue weighted by Crippen LogP contribution is -2.28. The van der Waals surface area contributed by atoms with Gasteiger partial charge in [-0.1, -0.05) is 23.7 Å². The van der Waals surface area contributed by atoms with E-state index >= 15 is 0 Å². The second-order valence-corrected chi connectivity index (χ2v) is 7.16. The number of anilines is 1. The number of rotatable bonds is 6. The quantitative estimate of drug-likeness (QED) is 0.726. The fourth-order valence-electron chi connectivity index (χ4n) is 2.73. The van der Waals surface area contributed by atoms with Crippen LogP contribution in [-0.2, 0) is 16.1 Å². The predicted octanol–water partition coefficient (Wildman–Crippen LogP) is 3.04. The third kappa shape index (κ3) is 5.54. The Bertz CT molecular complexity index is 883. The minimum atomic E-state index is -0.659. The van der Waals surface area contributed by atoms with Crippen molar-refractivity contribution in [2.75, 3.05) is 38.8 Å². The van der Waals surface area contributed by atoms with Gasteiger partial charge in [0.1, 0.15) is 0 Å². The molecular formula is C21H23ClN2O5. The topological polar surface area (TPSA) is 77.1 Å². The van der Waals surface area contributed by atoms with Gasteiger partial charge in [-0.25, -0.2) is 4.79 Å². The average molecular weight is 419 g/mol. The first kappa shape index (κ1) is 20.8. The molecule has 3 rings (SSSR count).